The van der Waals surface area contributed by atoms with E-state index in [1.54, 1.807) is 0 Å². The molecular weight excluding hydrogens is 176 g/mol. The summed E-state index contributed by atoms with van der Waals surface area (Å²) in [6, 6.07) is 2.44. The topological polar surface area (TPSA) is 87.1 Å². The highest BCUT2D eigenvalue weighted by molar-refractivity contribution is 6.01. The van der Waals surface area contributed by atoms with Crippen LogP contribution in [0.2, 0.25) is 0 Å². The number of aromatic carboxylic acids is 2. The third-order valence-corrected chi connectivity index (χ3v) is 1.74. The molecule has 0 bridgehead atoms. The van der Waals surface area contributed by atoms with E-state index in [1.807, 2.05) is 0 Å². The summed E-state index contributed by atoms with van der Waals surface area (Å²) in [6.07, 6.45) is 0. The van der Waals surface area contributed by atoms with E-state index < -0.39 is 11.9 Å². The van der Waals surface area contributed by atoms with Crippen molar-refractivity contribution in [3.05, 3.63) is 23.3 Å². The molecule has 1 heterocycles. The number of rotatable bonds is 2. The van der Waals surface area contributed by atoms with Gasteiger partial charge in [-0.2, -0.15) is 0 Å². The fourth-order valence-corrected chi connectivity index (χ4v) is 1.09. The first-order chi connectivity index (χ1) is 6.11. The first kappa shape index (κ1) is 7.60. The number of hydrogen-bond acceptors (Lipinski definition) is 3. The molecule has 1 aliphatic heterocycles. The Labute approximate surface area is 72.2 Å². The van der Waals surface area contributed by atoms with E-state index in [1.165, 1.54) is 12.1 Å². The van der Waals surface area contributed by atoms with Gasteiger partial charge in [-0.25, -0.2) is 9.59 Å². The highest BCUT2D eigenvalue weighted by Crippen LogP contribution is 2.50. The molecule has 2 N–H and O–H groups in total. The van der Waals surface area contributed by atoms with Crippen LogP contribution in [0, 0.1) is 0 Å². The smallest absolute Gasteiger partial charge is 0.339 e. The summed E-state index contributed by atoms with van der Waals surface area (Å²) in [6.45, 7) is 0. The molecule has 66 valence electrons. The minimum absolute atomic E-state index is 0.000000000000000222. The van der Waals surface area contributed by atoms with Gasteiger partial charge in [0.25, 0.3) is 0 Å². The zero-order valence-corrected chi connectivity index (χ0v) is 6.27. The highest BCUT2D eigenvalue weighted by atomic mass is 16.6. The summed E-state index contributed by atoms with van der Waals surface area (Å²) in [5.41, 5.74) is 0.000000000000000444. The van der Waals surface area contributed by atoms with Crippen LogP contribution in [0.15, 0.2) is 12.1 Å². The van der Waals surface area contributed by atoms with Crippen LogP contribution < -0.4 is 4.74 Å². The van der Waals surface area contributed by atoms with Gasteiger partial charge in [0.1, 0.15) is 11.1 Å². The van der Waals surface area contributed by atoms with E-state index in [9.17, 15) is 9.59 Å². The van der Waals surface area contributed by atoms with Gasteiger partial charge in [-0.3, -0.25) is 0 Å². The second-order valence-electron chi connectivity index (χ2n) is 2.53. The number of carbonyl (C=O) groups is 2. The number of carboxylic acid groups (broad SMARTS) is 2. The Balaban J connectivity index is 2.52. The van der Waals surface area contributed by atoms with Crippen molar-refractivity contribution in [2.45, 2.75) is 0 Å². The van der Waals surface area contributed by atoms with Gasteiger partial charge in [0, 0.05) is 0 Å². The molecule has 0 aliphatic carbocycles. The Kier molecular flexibility index (Phi) is 1.30. The zero-order chi connectivity index (χ0) is 9.59. The summed E-state index contributed by atoms with van der Waals surface area (Å²) < 4.78 is 4.76. The molecule has 5 heteroatoms. The van der Waals surface area contributed by atoms with Crippen LogP contribution in [0.25, 0.3) is 0 Å². The predicted octanol–water partition coefficient (Wildman–Crippen LogP) is 1.19. The molecule has 1 aromatic carbocycles. The number of ether oxygens (including phenoxy) is 1. The third kappa shape index (κ3) is 1.01. The van der Waals surface area contributed by atoms with E-state index in [-0.39, 0.29) is 22.6 Å². The summed E-state index contributed by atoms with van der Waals surface area (Å²) >= 11 is 0. The van der Waals surface area contributed by atoms with Gasteiger partial charge < -0.3 is 14.9 Å². The van der Waals surface area contributed by atoms with Gasteiger partial charge in [0.05, 0.1) is 0 Å². The van der Waals surface area contributed by atoms with Crippen LogP contribution in [-0.2, 0) is 0 Å². The van der Waals surface area contributed by atoms with Gasteiger partial charge in [-0.15, -0.1) is 0 Å². The Bertz CT molecular complexity index is 382. The maximum absolute atomic E-state index is 10.5. The normalized spacial score (nSPS) is 11.4. The molecule has 1 aliphatic rings. The van der Waals surface area contributed by atoms with Crippen LogP contribution in [-0.4, -0.2) is 22.2 Å². The fraction of sp³-hybridized carbons (Fsp3) is 0. The molecule has 13 heavy (non-hydrogen) atoms. The van der Waals surface area contributed by atoms with Crippen molar-refractivity contribution >= 4 is 11.9 Å². The van der Waals surface area contributed by atoms with E-state index in [2.05, 4.69) is 0 Å². The molecule has 0 amide bonds. The van der Waals surface area contributed by atoms with Crippen molar-refractivity contribution in [2.75, 3.05) is 0 Å². The zero-order valence-electron chi connectivity index (χ0n) is 6.27. The van der Waals surface area contributed by atoms with Crippen molar-refractivity contribution in [3.8, 4) is 11.5 Å². The van der Waals surface area contributed by atoms with Crippen LogP contribution in [0.4, 0.5) is 0 Å². The number of hydrogen-bond donors (Lipinski definition) is 2. The molecule has 0 fully saturated rings. The van der Waals surface area contributed by atoms with E-state index >= 15 is 0 Å². The quantitative estimate of drug-likeness (QED) is 0.677. The molecular formula is C8H4O5. The molecule has 0 unspecified atom stereocenters. The molecule has 5 nitrogen and oxygen atoms in total. The molecule has 0 atom stereocenters. The van der Waals surface area contributed by atoms with Crippen molar-refractivity contribution in [1.82, 2.24) is 0 Å². The molecule has 0 spiro atoms. The number of benzene rings is 1. The van der Waals surface area contributed by atoms with E-state index in [0.29, 0.717) is 0 Å². The van der Waals surface area contributed by atoms with Crippen LogP contribution in [0.5, 0.6) is 11.5 Å². The Hall–Kier alpha value is -2.04. The molecule has 1 aromatic rings. The third-order valence-electron chi connectivity index (χ3n) is 1.74. The Morgan fingerprint density at radius 3 is 1.69 bits per heavy atom. The van der Waals surface area contributed by atoms with Gasteiger partial charge in [0.15, 0.2) is 11.5 Å². The lowest BCUT2D eigenvalue weighted by molar-refractivity contribution is 0.0683. The highest BCUT2D eigenvalue weighted by Gasteiger charge is 2.33. The summed E-state index contributed by atoms with van der Waals surface area (Å²) in [4.78, 5) is 21.0. The van der Waals surface area contributed by atoms with Crippen LogP contribution >= 0.6 is 0 Å². The van der Waals surface area contributed by atoms with Crippen LogP contribution in [0.1, 0.15) is 20.7 Å². The first-order valence-corrected chi connectivity index (χ1v) is 3.42. The van der Waals surface area contributed by atoms with Gasteiger partial charge in [0.2, 0.25) is 0 Å². The lowest BCUT2D eigenvalue weighted by Crippen LogP contribution is -1.96. The molecule has 0 aromatic heterocycles. The van der Waals surface area contributed by atoms with Crippen molar-refractivity contribution < 1.29 is 24.5 Å². The predicted molar refractivity (Wildman–Crippen MR) is 40.4 cm³/mol. The first-order valence-electron chi connectivity index (χ1n) is 3.42. The minimum atomic E-state index is -1.12. The maximum atomic E-state index is 10.5. The van der Waals surface area contributed by atoms with Crippen molar-refractivity contribution in [1.29, 1.82) is 0 Å². The van der Waals surface area contributed by atoms with Crippen LogP contribution in [0.3, 0.4) is 0 Å². The number of carboxylic acids is 2. The maximum Gasteiger partial charge on any atom is 0.339 e. The summed E-state index contributed by atoms with van der Waals surface area (Å²) in [5, 5.41) is 17.2. The monoisotopic (exact) mass is 180 g/mol. The average Bonchev–Trinajstić information content (AvgIpc) is 2.79. The molecule has 2 rings (SSSR count). The Morgan fingerprint density at radius 1 is 1.00 bits per heavy atom. The average molecular weight is 180 g/mol. The number of fused-ring (bicyclic) bond motifs is 1. The molecule has 0 radical (unpaired) electrons. The Morgan fingerprint density at radius 2 is 1.38 bits per heavy atom. The summed E-state index contributed by atoms with van der Waals surface area (Å²) in [7, 11) is 0. The van der Waals surface area contributed by atoms with Gasteiger partial charge >= 0.3 is 11.9 Å². The van der Waals surface area contributed by atoms with E-state index in [0.717, 1.165) is 0 Å². The lowest BCUT2D eigenvalue weighted by atomic mass is 10.1. The largest absolute Gasteiger partial charge is 0.478 e. The fourth-order valence-electron chi connectivity index (χ4n) is 1.09. The van der Waals surface area contributed by atoms with Gasteiger partial charge in [-0.05, 0) is 12.1 Å². The van der Waals surface area contributed by atoms with Crippen molar-refractivity contribution in [2.24, 2.45) is 0 Å². The molecule has 0 saturated heterocycles. The lowest BCUT2D eigenvalue weighted by Gasteiger charge is -1.89. The van der Waals surface area contributed by atoms with E-state index in [4.69, 9.17) is 14.9 Å². The summed E-state index contributed by atoms with van der Waals surface area (Å²) in [5.74, 6) is -1.92. The van der Waals surface area contributed by atoms with Gasteiger partial charge in [-0.1, -0.05) is 0 Å². The second kappa shape index (κ2) is 2.22. The van der Waals surface area contributed by atoms with Crippen molar-refractivity contribution in [3.63, 3.8) is 0 Å². The standard InChI is InChI=1S/C8H4O5/c9-7(10)3-1-2-4(8(11)12)6-5(3)13-6/h1-2H,(H,9,10)(H,11,12). The minimum Gasteiger partial charge on any atom is -0.478 e. The SMILES string of the molecule is O=C(O)c1ccc(C(=O)O)c2c1O2. The molecule has 0 saturated carbocycles. The second-order valence-corrected chi connectivity index (χ2v) is 2.53.